The number of carbonyl (C=O) groups excluding carboxylic acids is 1. The lowest BCUT2D eigenvalue weighted by Gasteiger charge is -2.11. The van der Waals surface area contributed by atoms with Crippen molar-refractivity contribution in [3.05, 3.63) is 59.2 Å². The summed E-state index contributed by atoms with van der Waals surface area (Å²) in [6, 6.07) is 13.9. The number of benzene rings is 2. The quantitative estimate of drug-likeness (QED) is 0.773. The van der Waals surface area contributed by atoms with Gasteiger partial charge in [0.15, 0.2) is 0 Å². The van der Waals surface area contributed by atoms with Gasteiger partial charge in [-0.25, -0.2) is 0 Å². The van der Waals surface area contributed by atoms with Gasteiger partial charge in [0.05, 0.1) is 13.7 Å². The summed E-state index contributed by atoms with van der Waals surface area (Å²) in [4.78, 5) is 12.0. The van der Waals surface area contributed by atoms with E-state index >= 15 is 0 Å². The number of para-hydroxylation sites is 1. The van der Waals surface area contributed by atoms with Crippen molar-refractivity contribution in [2.75, 3.05) is 25.5 Å². The van der Waals surface area contributed by atoms with Gasteiger partial charge in [-0.15, -0.1) is 0 Å². The Hall–Kier alpha value is -2.33. The van der Waals surface area contributed by atoms with Crippen LogP contribution in [0.25, 0.3) is 0 Å². The van der Waals surface area contributed by atoms with E-state index in [9.17, 15) is 4.79 Å². The van der Waals surface area contributed by atoms with Gasteiger partial charge in [-0.05, 0) is 50.1 Å². The first-order valence-corrected chi connectivity index (χ1v) is 7.80. The molecule has 0 fully saturated rings. The van der Waals surface area contributed by atoms with Gasteiger partial charge in [0.25, 0.3) is 0 Å². The molecule has 2 aromatic rings. The van der Waals surface area contributed by atoms with Crippen LogP contribution < -0.4 is 15.4 Å². The minimum atomic E-state index is -0.0306. The van der Waals surface area contributed by atoms with Crippen molar-refractivity contribution in [1.82, 2.24) is 5.32 Å². The Morgan fingerprint density at radius 2 is 1.91 bits per heavy atom. The van der Waals surface area contributed by atoms with E-state index in [4.69, 9.17) is 4.74 Å². The molecule has 0 radical (unpaired) electrons. The Labute approximate surface area is 137 Å². The van der Waals surface area contributed by atoms with Crippen LogP contribution in [0.2, 0.25) is 0 Å². The lowest BCUT2D eigenvalue weighted by Crippen LogP contribution is -2.29. The smallest absolute Gasteiger partial charge is 0.238 e. The Bertz CT molecular complexity index is 668. The molecule has 4 nitrogen and oxygen atoms in total. The molecule has 0 spiro atoms. The summed E-state index contributed by atoms with van der Waals surface area (Å²) in [5.74, 6) is 0.853. The molecule has 0 saturated heterocycles. The van der Waals surface area contributed by atoms with Gasteiger partial charge in [-0.3, -0.25) is 4.79 Å². The molecule has 2 N–H and O–H groups in total. The van der Waals surface area contributed by atoms with Crippen molar-refractivity contribution in [1.29, 1.82) is 0 Å². The van der Waals surface area contributed by atoms with E-state index in [1.165, 1.54) is 5.56 Å². The average Bonchev–Trinajstić information content (AvgIpc) is 2.54. The van der Waals surface area contributed by atoms with Crippen LogP contribution in [0.3, 0.4) is 0 Å². The van der Waals surface area contributed by atoms with Crippen molar-refractivity contribution in [3.8, 4) is 5.75 Å². The van der Waals surface area contributed by atoms with E-state index in [1.807, 2.05) is 50.2 Å². The summed E-state index contributed by atoms with van der Waals surface area (Å²) >= 11 is 0. The monoisotopic (exact) mass is 312 g/mol. The van der Waals surface area contributed by atoms with Crippen LogP contribution in [0.4, 0.5) is 5.69 Å². The molecule has 0 atom stereocenters. The number of nitrogens with one attached hydrogen (secondary N) is 2. The van der Waals surface area contributed by atoms with Gasteiger partial charge in [0, 0.05) is 5.69 Å². The minimum Gasteiger partial charge on any atom is -0.496 e. The van der Waals surface area contributed by atoms with Crippen LogP contribution in [-0.4, -0.2) is 26.1 Å². The fourth-order valence-corrected chi connectivity index (χ4v) is 2.48. The topological polar surface area (TPSA) is 50.4 Å². The number of methoxy groups -OCH3 is 1. The molecule has 0 saturated carbocycles. The molecule has 0 bridgehead atoms. The van der Waals surface area contributed by atoms with Crippen molar-refractivity contribution in [3.63, 3.8) is 0 Å². The van der Waals surface area contributed by atoms with Gasteiger partial charge in [-0.1, -0.05) is 35.9 Å². The second-order valence-electron chi connectivity index (χ2n) is 5.61. The van der Waals surface area contributed by atoms with Crippen molar-refractivity contribution >= 4 is 11.6 Å². The Morgan fingerprint density at radius 1 is 1.13 bits per heavy atom. The Kier molecular flexibility index (Phi) is 6.18. The highest BCUT2D eigenvalue weighted by Gasteiger charge is 2.05. The standard InChI is InChI=1S/C19H24N2O2/c1-14-8-9-17(15(2)12-14)21-19(22)13-20-11-10-16-6-4-5-7-18(16)23-3/h4-9,12,20H,10-11,13H2,1-3H3,(H,21,22). The minimum absolute atomic E-state index is 0.0306. The third kappa shape index (κ3) is 5.11. The second kappa shape index (κ2) is 8.34. The SMILES string of the molecule is COc1ccccc1CCNCC(=O)Nc1ccc(C)cc1C. The number of ether oxygens (including phenoxy) is 1. The molecule has 4 heteroatoms. The molecule has 0 aliphatic carbocycles. The predicted octanol–water partition coefficient (Wildman–Crippen LogP) is 3.08. The highest BCUT2D eigenvalue weighted by Crippen LogP contribution is 2.17. The summed E-state index contributed by atoms with van der Waals surface area (Å²) in [6.07, 6.45) is 0.820. The van der Waals surface area contributed by atoms with Gasteiger partial charge in [0.1, 0.15) is 5.75 Å². The highest BCUT2D eigenvalue weighted by atomic mass is 16.5. The summed E-state index contributed by atoms with van der Waals surface area (Å²) < 4.78 is 5.32. The van der Waals surface area contributed by atoms with Crippen LogP contribution >= 0.6 is 0 Å². The number of anilines is 1. The van der Waals surface area contributed by atoms with E-state index in [0.29, 0.717) is 6.54 Å². The van der Waals surface area contributed by atoms with E-state index in [0.717, 1.165) is 35.5 Å². The van der Waals surface area contributed by atoms with E-state index in [2.05, 4.69) is 16.7 Å². The van der Waals surface area contributed by atoms with Gasteiger partial charge in [-0.2, -0.15) is 0 Å². The zero-order valence-corrected chi connectivity index (χ0v) is 14.0. The number of rotatable bonds is 7. The molecule has 2 aromatic carbocycles. The molecular weight excluding hydrogens is 288 g/mol. The van der Waals surface area contributed by atoms with E-state index in [-0.39, 0.29) is 5.91 Å². The lowest BCUT2D eigenvalue weighted by atomic mass is 10.1. The van der Waals surface area contributed by atoms with Gasteiger partial charge >= 0.3 is 0 Å². The number of amides is 1. The summed E-state index contributed by atoms with van der Waals surface area (Å²) in [5, 5.41) is 6.10. The van der Waals surface area contributed by atoms with Gasteiger partial charge in [0.2, 0.25) is 5.91 Å². The molecule has 122 valence electrons. The molecule has 2 rings (SSSR count). The lowest BCUT2D eigenvalue weighted by molar-refractivity contribution is -0.115. The average molecular weight is 312 g/mol. The summed E-state index contributed by atoms with van der Waals surface area (Å²) in [7, 11) is 1.67. The van der Waals surface area contributed by atoms with E-state index < -0.39 is 0 Å². The summed E-state index contributed by atoms with van der Waals surface area (Å²) in [6.45, 7) is 5.05. The van der Waals surface area contributed by atoms with E-state index in [1.54, 1.807) is 7.11 Å². The van der Waals surface area contributed by atoms with Crippen LogP contribution in [0, 0.1) is 13.8 Å². The van der Waals surface area contributed by atoms with Crippen LogP contribution in [0.15, 0.2) is 42.5 Å². The normalized spacial score (nSPS) is 10.4. The predicted molar refractivity (Wildman–Crippen MR) is 94.1 cm³/mol. The van der Waals surface area contributed by atoms with Crippen molar-refractivity contribution in [2.24, 2.45) is 0 Å². The number of hydrogen-bond acceptors (Lipinski definition) is 3. The first kappa shape index (κ1) is 17.0. The Balaban J connectivity index is 1.76. The van der Waals surface area contributed by atoms with Crippen LogP contribution in [-0.2, 0) is 11.2 Å². The third-order valence-electron chi connectivity index (χ3n) is 3.71. The zero-order valence-electron chi connectivity index (χ0n) is 14.0. The Morgan fingerprint density at radius 3 is 2.65 bits per heavy atom. The maximum Gasteiger partial charge on any atom is 0.238 e. The largest absolute Gasteiger partial charge is 0.496 e. The first-order valence-electron chi connectivity index (χ1n) is 7.80. The number of aryl methyl sites for hydroxylation is 2. The van der Waals surface area contributed by atoms with Crippen molar-refractivity contribution in [2.45, 2.75) is 20.3 Å². The van der Waals surface area contributed by atoms with Crippen LogP contribution in [0.1, 0.15) is 16.7 Å². The molecule has 0 aliphatic rings. The molecular formula is C19H24N2O2. The third-order valence-corrected chi connectivity index (χ3v) is 3.71. The molecule has 0 unspecified atom stereocenters. The zero-order chi connectivity index (χ0) is 16.7. The second-order valence-corrected chi connectivity index (χ2v) is 5.61. The number of hydrogen-bond donors (Lipinski definition) is 2. The molecule has 0 heterocycles. The van der Waals surface area contributed by atoms with Gasteiger partial charge < -0.3 is 15.4 Å². The fraction of sp³-hybridized carbons (Fsp3) is 0.316. The molecule has 0 aliphatic heterocycles. The summed E-state index contributed by atoms with van der Waals surface area (Å²) in [5.41, 5.74) is 4.27. The maximum absolute atomic E-state index is 12.0. The molecule has 0 aromatic heterocycles. The van der Waals surface area contributed by atoms with Crippen LogP contribution in [0.5, 0.6) is 5.75 Å². The first-order chi connectivity index (χ1) is 11.1. The fourth-order valence-electron chi connectivity index (χ4n) is 2.48. The van der Waals surface area contributed by atoms with Crippen molar-refractivity contribution < 1.29 is 9.53 Å². The molecule has 1 amide bonds. The number of carbonyl (C=O) groups is 1. The molecule has 23 heavy (non-hydrogen) atoms. The maximum atomic E-state index is 12.0. The highest BCUT2D eigenvalue weighted by molar-refractivity contribution is 5.92.